The molecule has 0 saturated heterocycles. The molecule has 10 heteroatoms. The van der Waals surface area contributed by atoms with Gasteiger partial charge in [0.1, 0.15) is 16.3 Å². The minimum atomic E-state index is -4.79. The average molecular weight is 460 g/mol. The van der Waals surface area contributed by atoms with E-state index in [0.29, 0.717) is 23.3 Å². The van der Waals surface area contributed by atoms with Crippen LogP contribution in [0.4, 0.5) is 24.5 Å². The molecule has 1 saturated carbocycles. The summed E-state index contributed by atoms with van der Waals surface area (Å²) in [4.78, 5) is 14.0. The second-order valence-electron chi connectivity index (χ2n) is 6.52. The van der Waals surface area contributed by atoms with Crippen molar-refractivity contribution in [1.82, 2.24) is 4.98 Å². The highest BCUT2D eigenvalue weighted by atomic mass is 79.9. The fraction of sp³-hybridized carbons (Fsp3) is 0.389. The summed E-state index contributed by atoms with van der Waals surface area (Å²) in [7, 11) is 0. The Morgan fingerprint density at radius 2 is 1.89 bits per heavy atom. The van der Waals surface area contributed by atoms with Gasteiger partial charge in [-0.05, 0) is 59.8 Å². The zero-order valence-electron chi connectivity index (χ0n) is 14.6. The number of nitro groups is 1. The number of anilines is 1. The van der Waals surface area contributed by atoms with Crippen molar-refractivity contribution >= 4 is 27.3 Å². The lowest BCUT2D eigenvalue weighted by atomic mass is 9.92. The number of rotatable bonds is 5. The van der Waals surface area contributed by atoms with Gasteiger partial charge in [-0.3, -0.25) is 10.1 Å². The number of alkyl halides is 3. The first-order valence-electron chi connectivity index (χ1n) is 8.64. The Labute approximate surface area is 167 Å². The molecule has 0 bridgehead atoms. The summed E-state index contributed by atoms with van der Waals surface area (Å²) in [6.45, 7) is 0. The maximum Gasteiger partial charge on any atom is 0.423 e. The van der Waals surface area contributed by atoms with Gasteiger partial charge in [-0.15, -0.1) is 0 Å². The number of benzene rings is 1. The quantitative estimate of drug-likeness (QED) is 0.359. The van der Waals surface area contributed by atoms with Gasteiger partial charge in [0.15, 0.2) is 0 Å². The third-order valence-electron chi connectivity index (χ3n) is 4.52. The second-order valence-corrected chi connectivity index (χ2v) is 7.33. The van der Waals surface area contributed by atoms with Crippen molar-refractivity contribution in [3.05, 3.63) is 56.7 Å². The van der Waals surface area contributed by atoms with Crippen molar-refractivity contribution < 1.29 is 22.8 Å². The number of nitrogens with one attached hydrogen (secondary N) is 1. The maximum absolute atomic E-state index is 13.1. The average Bonchev–Trinajstić information content (AvgIpc) is 2.62. The zero-order chi connectivity index (χ0) is 20.3. The molecule has 1 N–H and O–H groups in total. The SMILES string of the molecule is O=[N+]([O-])c1ccc(N[C@H]2CC[C@H](Oc3cccc(Br)n3)CC2)cc1C(F)(F)F. The van der Waals surface area contributed by atoms with E-state index in [1.54, 1.807) is 12.1 Å². The van der Waals surface area contributed by atoms with Crippen LogP contribution in [0.25, 0.3) is 0 Å². The predicted octanol–water partition coefficient (Wildman–Crippen LogP) is 5.57. The summed E-state index contributed by atoms with van der Waals surface area (Å²) >= 11 is 3.28. The first-order valence-corrected chi connectivity index (χ1v) is 9.43. The third kappa shape index (κ3) is 5.12. The number of hydrogen-bond donors (Lipinski definition) is 1. The van der Waals surface area contributed by atoms with Crippen LogP contribution in [-0.4, -0.2) is 22.1 Å². The van der Waals surface area contributed by atoms with Crippen LogP contribution < -0.4 is 10.1 Å². The summed E-state index contributed by atoms with van der Waals surface area (Å²) < 4.78 is 45.8. The first kappa shape index (κ1) is 20.4. The summed E-state index contributed by atoms with van der Waals surface area (Å²) in [5.41, 5.74) is -1.98. The van der Waals surface area contributed by atoms with Crippen molar-refractivity contribution in [2.24, 2.45) is 0 Å². The maximum atomic E-state index is 13.1. The Kier molecular flexibility index (Phi) is 6.07. The molecule has 1 aromatic heterocycles. The Balaban J connectivity index is 1.61. The van der Waals surface area contributed by atoms with Crippen molar-refractivity contribution in [1.29, 1.82) is 0 Å². The molecule has 1 aliphatic rings. The minimum Gasteiger partial charge on any atom is -0.474 e. The monoisotopic (exact) mass is 459 g/mol. The molecule has 1 aliphatic carbocycles. The van der Waals surface area contributed by atoms with Crippen LogP contribution in [0.2, 0.25) is 0 Å². The lowest BCUT2D eigenvalue weighted by Crippen LogP contribution is -2.31. The van der Waals surface area contributed by atoms with E-state index in [-0.39, 0.29) is 17.8 Å². The molecule has 1 aromatic carbocycles. The molecule has 0 unspecified atom stereocenters. The number of nitrogens with zero attached hydrogens (tertiary/aromatic N) is 2. The molecule has 3 rings (SSSR count). The van der Waals surface area contributed by atoms with Crippen molar-refractivity contribution in [3.63, 3.8) is 0 Å². The van der Waals surface area contributed by atoms with Gasteiger partial charge in [0, 0.05) is 23.9 Å². The van der Waals surface area contributed by atoms with Gasteiger partial charge in [0.25, 0.3) is 5.69 Å². The molecule has 28 heavy (non-hydrogen) atoms. The van der Waals surface area contributed by atoms with Crippen molar-refractivity contribution in [2.75, 3.05) is 5.32 Å². The molecule has 6 nitrogen and oxygen atoms in total. The van der Waals surface area contributed by atoms with Crippen LogP contribution in [0.15, 0.2) is 41.0 Å². The van der Waals surface area contributed by atoms with E-state index >= 15 is 0 Å². The number of hydrogen-bond acceptors (Lipinski definition) is 5. The second kappa shape index (κ2) is 8.34. The summed E-state index contributed by atoms with van der Waals surface area (Å²) in [6, 6.07) is 8.36. The van der Waals surface area contributed by atoms with E-state index in [2.05, 4.69) is 26.2 Å². The Bertz CT molecular complexity index is 855. The first-order chi connectivity index (χ1) is 13.2. The van der Waals surface area contributed by atoms with Gasteiger partial charge in [-0.2, -0.15) is 13.2 Å². The van der Waals surface area contributed by atoms with E-state index in [9.17, 15) is 23.3 Å². The lowest BCUT2D eigenvalue weighted by molar-refractivity contribution is -0.388. The van der Waals surface area contributed by atoms with Gasteiger partial charge in [-0.1, -0.05) is 6.07 Å². The molecule has 0 amide bonds. The topological polar surface area (TPSA) is 77.3 Å². The predicted molar refractivity (Wildman–Crippen MR) is 100 cm³/mol. The summed E-state index contributed by atoms with van der Waals surface area (Å²) in [5.74, 6) is 0.524. The molecule has 150 valence electrons. The molecule has 2 aromatic rings. The van der Waals surface area contributed by atoms with Crippen LogP contribution in [0, 0.1) is 10.1 Å². The highest BCUT2D eigenvalue weighted by Gasteiger charge is 2.38. The number of ether oxygens (including phenoxy) is 1. The molecule has 1 fully saturated rings. The molecule has 1 heterocycles. The standard InChI is InChI=1S/C18H17BrF3N3O3/c19-16-2-1-3-17(24-16)28-13-7-4-11(5-8-13)23-12-6-9-15(25(26)27)14(10-12)18(20,21)22/h1-3,6,9-11,13,23H,4-5,7-8H2/t11-,13-. The Morgan fingerprint density at radius 1 is 1.18 bits per heavy atom. The Hall–Kier alpha value is -2.36. The van der Waals surface area contributed by atoms with Crippen molar-refractivity contribution in [2.45, 2.75) is 44.0 Å². The molecule has 0 radical (unpaired) electrons. The number of pyridine rings is 1. The fourth-order valence-electron chi connectivity index (χ4n) is 3.20. The number of nitro benzene ring substituents is 1. The molecular formula is C18H17BrF3N3O3. The Morgan fingerprint density at radius 3 is 2.50 bits per heavy atom. The van der Waals surface area contributed by atoms with Gasteiger partial charge in [0.2, 0.25) is 5.88 Å². The van der Waals surface area contributed by atoms with Gasteiger partial charge >= 0.3 is 6.18 Å². The minimum absolute atomic E-state index is 0.0116. The third-order valence-corrected chi connectivity index (χ3v) is 4.96. The van der Waals surface area contributed by atoms with E-state index in [0.717, 1.165) is 25.0 Å². The van der Waals surface area contributed by atoms with Gasteiger partial charge in [0.05, 0.1) is 4.92 Å². The highest BCUT2D eigenvalue weighted by Crippen LogP contribution is 2.38. The van der Waals surface area contributed by atoms with E-state index in [1.165, 1.54) is 6.07 Å². The molecular weight excluding hydrogens is 443 g/mol. The molecule has 0 aliphatic heterocycles. The van der Waals surface area contributed by atoms with E-state index in [1.807, 2.05) is 6.07 Å². The fourth-order valence-corrected chi connectivity index (χ4v) is 3.53. The van der Waals surface area contributed by atoms with Gasteiger partial charge < -0.3 is 10.1 Å². The number of halogens is 4. The smallest absolute Gasteiger partial charge is 0.423 e. The largest absolute Gasteiger partial charge is 0.474 e. The molecule has 0 spiro atoms. The number of aromatic nitrogens is 1. The van der Waals surface area contributed by atoms with E-state index in [4.69, 9.17) is 4.74 Å². The van der Waals surface area contributed by atoms with Gasteiger partial charge in [-0.25, -0.2) is 4.98 Å². The van der Waals surface area contributed by atoms with E-state index < -0.39 is 22.4 Å². The van der Waals surface area contributed by atoms with Crippen LogP contribution in [0.5, 0.6) is 5.88 Å². The van der Waals surface area contributed by atoms with Crippen LogP contribution in [0.1, 0.15) is 31.2 Å². The lowest BCUT2D eigenvalue weighted by Gasteiger charge is -2.30. The summed E-state index contributed by atoms with van der Waals surface area (Å²) in [5, 5.41) is 13.9. The van der Waals surface area contributed by atoms with Crippen LogP contribution in [-0.2, 0) is 6.18 Å². The zero-order valence-corrected chi connectivity index (χ0v) is 16.2. The highest BCUT2D eigenvalue weighted by molar-refractivity contribution is 9.10. The van der Waals surface area contributed by atoms with Crippen LogP contribution >= 0.6 is 15.9 Å². The van der Waals surface area contributed by atoms with Crippen molar-refractivity contribution in [3.8, 4) is 5.88 Å². The summed E-state index contributed by atoms with van der Waals surface area (Å²) in [6.07, 6.45) is -1.94. The normalized spacial score (nSPS) is 19.9. The van der Waals surface area contributed by atoms with Crippen LogP contribution in [0.3, 0.4) is 0 Å². The molecule has 0 atom stereocenters.